The maximum atomic E-state index is 12.9. The number of nitrogens with zero attached hydrogens (tertiary/aromatic N) is 3. The number of nitriles is 1. The van der Waals surface area contributed by atoms with Gasteiger partial charge in [-0.05, 0) is 38.5 Å². The van der Waals surface area contributed by atoms with Gasteiger partial charge in [0.15, 0.2) is 0 Å². The quantitative estimate of drug-likeness (QED) is 0.383. The third-order valence-corrected chi connectivity index (χ3v) is 7.71. The second-order valence-corrected chi connectivity index (χ2v) is 10.1. The highest BCUT2D eigenvalue weighted by Crippen LogP contribution is 2.37. The van der Waals surface area contributed by atoms with Gasteiger partial charge in [0.2, 0.25) is 17.7 Å². The molecule has 2 aliphatic heterocycles. The molecule has 36 heavy (non-hydrogen) atoms. The summed E-state index contributed by atoms with van der Waals surface area (Å²) in [6, 6.07) is 9.61. The van der Waals surface area contributed by atoms with Crippen LogP contribution in [0.3, 0.4) is 0 Å². The largest absolute Gasteiger partial charge is 0.385 e. The molecule has 1 aromatic rings. The van der Waals surface area contributed by atoms with E-state index in [4.69, 9.17) is 4.74 Å². The number of morpholine rings is 1. The summed E-state index contributed by atoms with van der Waals surface area (Å²) < 4.78 is 5.32. The molecule has 11 heteroatoms. The Balaban J connectivity index is 1.48. The standard InChI is InChI=1S/C25H36N6O4S/c1-3-27-24(33)18(16-26)14-23-31(4-2)25(34)21(36-23)8-9-28-19-6-5-7-20(15-19)29-22(32)17-30-10-12-35-13-11-30/h5-7,15,18,21,23,28H,3-4,8-14,17H2,1-2H3,(H,27,33)(H,29,32). The monoisotopic (exact) mass is 516 g/mol. The van der Waals surface area contributed by atoms with E-state index in [1.54, 1.807) is 4.90 Å². The first-order chi connectivity index (χ1) is 17.4. The van der Waals surface area contributed by atoms with E-state index in [2.05, 4.69) is 26.9 Å². The summed E-state index contributed by atoms with van der Waals surface area (Å²) in [6.45, 7) is 8.48. The molecule has 0 aliphatic carbocycles. The molecule has 1 aromatic carbocycles. The second-order valence-electron chi connectivity index (χ2n) is 8.75. The predicted octanol–water partition coefficient (Wildman–Crippen LogP) is 1.72. The van der Waals surface area contributed by atoms with E-state index >= 15 is 0 Å². The normalized spacial score (nSPS) is 21.0. The number of hydrogen-bond donors (Lipinski definition) is 3. The Morgan fingerprint density at radius 2 is 2.00 bits per heavy atom. The number of ether oxygens (including phenoxy) is 1. The van der Waals surface area contributed by atoms with Crippen LogP contribution in [-0.4, -0.2) is 90.6 Å². The SMILES string of the molecule is CCNC(=O)C(C#N)CC1SC(CCNc2cccc(NC(=O)CN3CCOCC3)c2)C(=O)N1CC. The smallest absolute Gasteiger partial charge is 0.238 e. The van der Waals surface area contributed by atoms with E-state index in [-0.39, 0.29) is 28.3 Å². The van der Waals surface area contributed by atoms with Gasteiger partial charge >= 0.3 is 0 Å². The van der Waals surface area contributed by atoms with Crippen molar-refractivity contribution in [3.05, 3.63) is 24.3 Å². The van der Waals surface area contributed by atoms with Crippen LogP contribution < -0.4 is 16.0 Å². The summed E-state index contributed by atoms with van der Waals surface area (Å²) in [5.41, 5.74) is 1.58. The number of thioether (sulfide) groups is 1. The molecule has 3 rings (SSSR count). The van der Waals surface area contributed by atoms with Crippen molar-refractivity contribution in [1.29, 1.82) is 5.26 Å². The van der Waals surface area contributed by atoms with Crippen LogP contribution in [0.25, 0.3) is 0 Å². The Hall–Kier alpha value is -2.81. The summed E-state index contributed by atoms with van der Waals surface area (Å²) in [4.78, 5) is 41.3. The van der Waals surface area contributed by atoms with E-state index in [9.17, 15) is 19.6 Å². The highest BCUT2D eigenvalue weighted by atomic mass is 32.2. The third kappa shape index (κ3) is 7.85. The van der Waals surface area contributed by atoms with Crippen molar-refractivity contribution < 1.29 is 19.1 Å². The summed E-state index contributed by atoms with van der Waals surface area (Å²) in [5.74, 6) is -1.07. The lowest BCUT2D eigenvalue weighted by molar-refractivity contribution is -0.131. The average Bonchev–Trinajstić information content (AvgIpc) is 3.17. The summed E-state index contributed by atoms with van der Waals surface area (Å²) in [6.07, 6.45) is 0.936. The Labute approximate surface area is 217 Å². The zero-order valence-corrected chi connectivity index (χ0v) is 21.8. The molecule has 3 atom stereocenters. The highest BCUT2D eigenvalue weighted by molar-refractivity contribution is 8.01. The van der Waals surface area contributed by atoms with Crippen LogP contribution >= 0.6 is 11.8 Å². The van der Waals surface area contributed by atoms with E-state index in [1.807, 2.05) is 38.1 Å². The van der Waals surface area contributed by atoms with Crippen molar-refractivity contribution in [3.8, 4) is 6.07 Å². The number of benzene rings is 1. The van der Waals surface area contributed by atoms with Gasteiger partial charge in [-0.2, -0.15) is 5.26 Å². The second kappa shape index (κ2) is 14.1. The van der Waals surface area contributed by atoms with Crippen LogP contribution in [0.5, 0.6) is 0 Å². The third-order valence-electron chi connectivity index (χ3n) is 6.18. The molecule has 3 N–H and O–H groups in total. The first-order valence-electron chi connectivity index (χ1n) is 12.5. The summed E-state index contributed by atoms with van der Waals surface area (Å²) in [5, 5.41) is 18.0. The molecular weight excluding hydrogens is 480 g/mol. The average molecular weight is 517 g/mol. The molecule has 196 valence electrons. The molecule has 0 spiro atoms. The molecule has 2 saturated heterocycles. The number of anilines is 2. The molecule has 0 bridgehead atoms. The lowest BCUT2D eigenvalue weighted by Gasteiger charge is -2.25. The van der Waals surface area contributed by atoms with Gasteiger partial charge in [-0.1, -0.05) is 6.07 Å². The van der Waals surface area contributed by atoms with Crippen LogP contribution in [0, 0.1) is 17.2 Å². The van der Waals surface area contributed by atoms with Crippen LogP contribution in [0.4, 0.5) is 11.4 Å². The maximum absolute atomic E-state index is 12.9. The molecular formula is C25H36N6O4S. The van der Waals surface area contributed by atoms with Gasteiger partial charge in [-0.3, -0.25) is 19.3 Å². The van der Waals surface area contributed by atoms with E-state index in [0.29, 0.717) is 52.2 Å². The zero-order chi connectivity index (χ0) is 25.9. The minimum atomic E-state index is -0.776. The van der Waals surface area contributed by atoms with Crippen LogP contribution in [0.1, 0.15) is 26.7 Å². The predicted molar refractivity (Wildman–Crippen MR) is 140 cm³/mol. The molecule has 0 aromatic heterocycles. The number of carbonyl (C=O) groups excluding carboxylic acids is 3. The maximum Gasteiger partial charge on any atom is 0.238 e. The molecule has 2 fully saturated rings. The number of amides is 3. The van der Waals surface area contributed by atoms with E-state index in [0.717, 1.165) is 24.5 Å². The Kier molecular flexibility index (Phi) is 10.8. The van der Waals surface area contributed by atoms with E-state index in [1.165, 1.54) is 11.8 Å². The molecule has 10 nitrogen and oxygen atoms in total. The molecule has 0 saturated carbocycles. The number of nitrogens with one attached hydrogen (secondary N) is 3. The molecule has 2 heterocycles. The molecule has 0 radical (unpaired) electrons. The van der Waals surface area contributed by atoms with Gasteiger partial charge in [0.25, 0.3) is 0 Å². The van der Waals surface area contributed by atoms with Crippen molar-refractivity contribution in [3.63, 3.8) is 0 Å². The van der Waals surface area contributed by atoms with Crippen LogP contribution in [0.2, 0.25) is 0 Å². The van der Waals surface area contributed by atoms with Gasteiger partial charge in [0.1, 0.15) is 5.92 Å². The van der Waals surface area contributed by atoms with Crippen molar-refractivity contribution in [2.75, 3.05) is 63.1 Å². The van der Waals surface area contributed by atoms with Crippen molar-refractivity contribution in [1.82, 2.24) is 15.1 Å². The summed E-state index contributed by atoms with van der Waals surface area (Å²) >= 11 is 1.53. The van der Waals surface area contributed by atoms with E-state index < -0.39 is 5.92 Å². The molecule has 3 unspecified atom stereocenters. The van der Waals surface area contributed by atoms with Gasteiger partial charge < -0.3 is 25.6 Å². The Morgan fingerprint density at radius 3 is 2.69 bits per heavy atom. The van der Waals surface area contributed by atoms with Gasteiger partial charge in [-0.15, -0.1) is 11.8 Å². The number of rotatable bonds is 12. The number of carbonyl (C=O) groups is 3. The lowest BCUT2D eigenvalue weighted by Crippen LogP contribution is -2.41. The van der Waals surface area contributed by atoms with Gasteiger partial charge in [0, 0.05) is 50.5 Å². The topological polar surface area (TPSA) is 127 Å². The fourth-order valence-electron chi connectivity index (χ4n) is 4.32. The highest BCUT2D eigenvalue weighted by Gasteiger charge is 2.40. The van der Waals surface area contributed by atoms with Crippen molar-refractivity contribution >= 4 is 40.9 Å². The fraction of sp³-hybridized carbons (Fsp3) is 0.600. The van der Waals surface area contributed by atoms with Crippen molar-refractivity contribution in [2.45, 2.75) is 37.3 Å². The minimum absolute atomic E-state index is 0.0472. The zero-order valence-electron chi connectivity index (χ0n) is 21.0. The van der Waals surface area contributed by atoms with Crippen molar-refractivity contribution in [2.24, 2.45) is 5.92 Å². The molecule has 3 amide bonds. The van der Waals surface area contributed by atoms with Gasteiger partial charge in [-0.25, -0.2) is 0 Å². The number of hydrogen-bond acceptors (Lipinski definition) is 8. The first kappa shape index (κ1) is 27.8. The summed E-state index contributed by atoms with van der Waals surface area (Å²) in [7, 11) is 0. The fourth-order valence-corrected chi connectivity index (χ4v) is 5.91. The molecule has 2 aliphatic rings. The first-order valence-corrected chi connectivity index (χ1v) is 13.5. The minimum Gasteiger partial charge on any atom is -0.385 e. The Bertz CT molecular complexity index is 949. The van der Waals surface area contributed by atoms with Gasteiger partial charge in [0.05, 0.1) is 36.5 Å². The van der Waals surface area contributed by atoms with Crippen LogP contribution in [-0.2, 0) is 19.1 Å². The van der Waals surface area contributed by atoms with Crippen LogP contribution in [0.15, 0.2) is 24.3 Å². The Morgan fingerprint density at radius 1 is 1.25 bits per heavy atom. The lowest BCUT2D eigenvalue weighted by atomic mass is 10.1.